The summed E-state index contributed by atoms with van der Waals surface area (Å²) >= 11 is 10.9. The lowest BCUT2D eigenvalue weighted by atomic mass is 10.1. The van der Waals surface area contributed by atoms with Crippen LogP contribution in [0, 0.1) is 11.3 Å². The molecule has 2 aliphatic rings. The third kappa shape index (κ3) is 9.36. The number of nitrogens with two attached hydrogens (primary N) is 1. The van der Waals surface area contributed by atoms with E-state index in [0.717, 1.165) is 0 Å². The van der Waals surface area contributed by atoms with E-state index in [4.69, 9.17) is 52.4 Å². The highest BCUT2D eigenvalue weighted by atomic mass is 32.5. The van der Waals surface area contributed by atoms with E-state index in [1.165, 1.54) is 34.4 Å². The van der Waals surface area contributed by atoms with Gasteiger partial charge in [-0.15, -0.1) is 0 Å². The Hall–Kier alpha value is -5.28. The molecule has 2 saturated heterocycles. The molecule has 4 aromatic heterocycles. The van der Waals surface area contributed by atoms with Crippen molar-refractivity contribution in [2.24, 2.45) is 5.73 Å². The highest BCUT2D eigenvalue weighted by molar-refractivity contribution is 8.09. The van der Waals surface area contributed by atoms with Crippen LogP contribution in [0.1, 0.15) is 39.6 Å². The summed E-state index contributed by atoms with van der Waals surface area (Å²) in [4.78, 5) is 51.4. The van der Waals surface area contributed by atoms with Gasteiger partial charge in [-0.2, -0.15) is 5.26 Å². The second-order valence-electron chi connectivity index (χ2n) is 13.8. The fourth-order valence-corrected chi connectivity index (χ4v) is 9.91. The number of fused-ring (bicyclic) bond motifs is 2. The number of alkyl halides is 2. The third-order valence-electron chi connectivity index (χ3n) is 9.95. The molecule has 26 heteroatoms. The number of benzene rings is 2. The number of carbonyl (C=O) groups excluding carboxylic acids is 2. The topological polar surface area (TPSA) is 253 Å². The summed E-state index contributed by atoms with van der Waals surface area (Å²) in [7, 11) is -0.0261. The fraction of sp³-hybridized carbons (Fsp3) is 0.324. The lowest BCUT2D eigenvalue weighted by Gasteiger charge is -2.30. The summed E-state index contributed by atoms with van der Waals surface area (Å²) in [6, 6.07) is 18.9. The fourth-order valence-electron chi connectivity index (χ4n) is 6.98. The average Bonchev–Trinajstić information content (AvgIpc) is 4.08. The van der Waals surface area contributed by atoms with E-state index in [-0.39, 0.29) is 67.7 Å². The van der Waals surface area contributed by atoms with Crippen LogP contribution in [0.25, 0.3) is 22.3 Å². The van der Waals surface area contributed by atoms with Gasteiger partial charge in [0.25, 0.3) is 18.5 Å². The molecule has 5 N–H and O–H groups in total. The molecule has 63 heavy (non-hydrogen) atoms. The van der Waals surface area contributed by atoms with Gasteiger partial charge >= 0.3 is 0 Å². The molecule has 0 saturated carbocycles. The third-order valence-corrected chi connectivity index (χ3v) is 13.1. The minimum atomic E-state index is -3.78. The molecule has 2 aromatic carbocycles. The first-order valence-corrected chi connectivity index (χ1v) is 23.5. The van der Waals surface area contributed by atoms with E-state index >= 15 is 8.78 Å². The highest BCUT2D eigenvalue weighted by Crippen LogP contribution is 2.50. The predicted octanol–water partition coefficient (Wildman–Crippen LogP) is 4.44. The molecule has 0 bridgehead atoms. The van der Waals surface area contributed by atoms with Gasteiger partial charge in [0.2, 0.25) is 0 Å². The molecule has 6 heterocycles. The van der Waals surface area contributed by atoms with Gasteiger partial charge in [-0.3, -0.25) is 18.7 Å². The van der Waals surface area contributed by atoms with Gasteiger partial charge < -0.3 is 39.4 Å². The van der Waals surface area contributed by atoms with Gasteiger partial charge in [-0.05, 0) is 47.9 Å². The Balaban J connectivity index is 0.994. The van der Waals surface area contributed by atoms with Crippen molar-refractivity contribution in [3.05, 3.63) is 97.1 Å². The number of halogens is 2. The van der Waals surface area contributed by atoms with Gasteiger partial charge in [0.05, 0.1) is 31.8 Å². The van der Waals surface area contributed by atoms with Crippen molar-refractivity contribution >= 4 is 83.6 Å². The Bertz CT molecular complexity index is 2700. The largest absolute Gasteiger partial charge is 0.347 e. The minimum Gasteiger partial charge on any atom is -0.347 e. The van der Waals surface area contributed by atoms with Gasteiger partial charge in [-0.1, -0.05) is 36.4 Å². The standard InChI is InChI=1S/C37H35F2N13O7P2S2/c38-24-28(58-60-62)23(57-36(24)51-18-46-26-30(42-16-44-32(26)51)49-34(53)20-8-3-1-4-9-20)15-48-61(63,55-13-7-12-40)59-29-22(14-41)56-37(25(29)39)52-19-47-27-31(43-17-45-33(27)52)50-35(54)21-10-5-2-6-11-21/h1-6,8-11,16-19,22-25,28-29,36-37H,7,13-15,41H2,(H,48,63)(H,42,44,49,53)(H,43,45,50,54)/t22-,23-,24-,25-,28-,29-,36-,37-,61?/m1/s1. The first-order valence-electron chi connectivity index (χ1n) is 19.0. The second kappa shape index (κ2) is 19.6. The van der Waals surface area contributed by atoms with Gasteiger partial charge in [-0.25, -0.2) is 43.8 Å². The molecular weight excluding hydrogens is 903 g/mol. The van der Waals surface area contributed by atoms with Crippen LogP contribution in [0.5, 0.6) is 0 Å². The zero-order chi connectivity index (χ0) is 44.1. The summed E-state index contributed by atoms with van der Waals surface area (Å²) < 4.78 is 65.8. The van der Waals surface area contributed by atoms with E-state index in [2.05, 4.69) is 45.6 Å². The van der Waals surface area contributed by atoms with Crippen molar-refractivity contribution < 1.29 is 41.4 Å². The molecule has 20 nitrogen and oxygen atoms in total. The van der Waals surface area contributed by atoms with E-state index in [1.54, 1.807) is 60.7 Å². The zero-order valence-electron chi connectivity index (χ0n) is 32.5. The maximum absolute atomic E-state index is 16.7. The van der Waals surface area contributed by atoms with Crippen LogP contribution in [0.2, 0.25) is 0 Å². The van der Waals surface area contributed by atoms with E-state index < -0.39 is 67.7 Å². The molecule has 0 spiro atoms. The van der Waals surface area contributed by atoms with Crippen LogP contribution < -0.4 is 21.5 Å². The Morgan fingerprint density at radius 1 is 0.825 bits per heavy atom. The minimum absolute atomic E-state index is 0.0261. The normalized spacial score (nSPS) is 24.3. The second-order valence-corrected chi connectivity index (χ2v) is 17.8. The number of anilines is 2. The molecule has 2 aliphatic heterocycles. The van der Waals surface area contributed by atoms with E-state index in [9.17, 15) is 14.9 Å². The number of nitrogens with zero attached hydrogens (tertiary/aromatic N) is 9. The van der Waals surface area contributed by atoms with Crippen molar-refractivity contribution in [1.82, 2.24) is 44.1 Å². The van der Waals surface area contributed by atoms with Gasteiger partial charge in [0.15, 0.2) is 58.8 Å². The van der Waals surface area contributed by atoms with Crippen LogP contribution >= 0.6 is 14.2 Å². The van der Waals surface area contributed by atoms with E-state index in [1.807, 2.05) is 6.07 Å². The molecule has 2 fully saturated rings. The number of rotatable bonds is 17. The number of nitrogens with one attached hydrogen (secondary N) is 3. The van der Waals surface area contributed by atoms with Crippen molar-refractivity contribution in [2.75, 3.05) is 30.3 Å². The number of ether oxygens (including phenoxy) is 2. The first kappa shape index (κ1) is 44.3. The van der Waals surface area contributed by atoms with Crippen LogP contribution in [0.3, 0.4) is 0 Å². The number of imidazole rings is 2. The predicted molar refractivity (Wildman–Crippen MR) is 229 cm³/mol. The molecule has 9 atom stereocenters. The lowest BCUT2D eigenvalue weighted by Crippen LogP contribution is -2.40. The van der Waals surface area contributed by atoms with Gasteiger partial charge in [0, 0.05) is 24.2 Å². The van der Waals surface area contributed by atoms with Crippen LogP contribution in [-0.2, 0) is 46.7 Å². The summed E-state index contributed by atoms with van der Waals surface area (Å²) in [5.41, 5.74) is 7.47. The van der Waals surface area contributed by atoms with Gasteiger partial charge in [0.1, 0.15) is 44.7 Å². The Morgan fingerprint density at radius 2 is 1.35 bits per heavy atom. The summed E-state index contributed by atoms with van der Waals surface area (Å²) in [6.07, 6.45) is -6.44. The Kier molecular flexibility index (Phi) is 13.8. The maximum Gasteiger partial charge on any atom is 0.261 e. The van der Waals surface area contributed by atoms with Crippen LogP contribution in [0.15, 0.2) is 86.0 Å². The molecule has 2 amide bonds. The monoisotopic (exact) mass is 937 g/mol. The maximum atomic E-state index is 16.7. The first-order chi connectivity index (χ1) is 30.6. The molecule has 0 radical (unpaired) electrons. The summed E-state index contributed by atoms with van der Waals surface area (Å²) in [5, 5.41) is 17.7. The molecule has 6 aromatic rings. The number of nitriles is 1. The van der Waals surface area contributed by atoms with Crippen molar-refractivity contribution in [3.63, 3.8) is 0 Å². The Morgan fingerprint density at radius 3 is 1.86 bits per heavy atom. The number of hydrogen-bond donors (Lipinski definition) is 4. The molecule has 326 valence electrons. The lowest BCUT2D eigenvalue weighted by molar-refractivity contribution is -0.0195. The SMILES string of the molecule is N#CCCOP(=S)(NC[C@H]1O[C@@H](n2cnc3c(NC(=O)c4ccccc4)ncnc32)[C@H](F)[C@@H]1OP=S)O[C@H]1[C@@H](F)[C@H](n2cnc3c(NC(=O)c4ccccc4)ncnc32)O[C@@H]1CN. The quantitative estimate of drug-likeness (QED) is 0.0729. The number of hydrogen-bond acceptors (Lipinski definition) is 17. The molecule has 8 rings (SSSR count). The Labute approximate surface area is 368 Å². The van der Waals surface area contributed by atoms with Crippen LogP contribution in [-0.4, -0.2) is 107 Å². The van der Waals surface area contributed by atoms with Crippen LogP contribution in [0.4, 0.5) is 20.4 Å². The number of amides is 2. The molecular formula is C37H35F2N13O7P2S2. The van der Waals surface area contributed by atoms with Crippen molar-refractivity contribution in [1.29, 1.82) is 5.26 Å². The smallest absolute Gasteiger partial charge is 0.261 e. The highest BCUT2D eigenvalue weighted by Gasteiger charge is 2.51. The number of carbonyl (C=O) groups is 2. The molecule has 1 unspecified atom stereocenters. The molecule has 0 aliphatic carbocycles. The van der Waals surface area contributed by atoms with Crippen molar-refractivity contribution in [2.45, 2.75) is 55.6 Å². The van der Waals surface area contributed by atoms with E-state index in [0.29, 0.717) is 11.1 Å². The summed E-state index contributed by atoms with van der Waals surface area (Å²) in [6.45, 7) is -4.44. The average molecular weight is 938 g/mol. The van der Waals surface area contributed by atoms with Crippen molar-refractivity contribution in [3.8, 4) is 6.07 Å². The zero-order valence-corrected chi connectivity index (χ0v) is 35.9. The summed E-state index contributed by atoms with van der Waals surface area (Å²) in [5.74, 6) is -0.698. The number of aromatic nitrogens is 8.